The Morgan fingerprint density at radius 1 is 1.32 bits per heavy atom. The van der Waals surface area contributed by atoms with Crippen molar-refractivity contribution in [3.8, 4) is 0 Å². The molecule has 1 amide bonds. The first-order valence-corrected chi connectivity index (χ1v) is 6.91. The van der Waals surface area contributed by atoms with Crippen LogP contribution in [0.15, 0.2) is 43.0 Å². The predicted octanol–water partition coefficient (Wildman–Crippen LogP) is 2.90. The third-order valence-electron chi connectivity index (χ3n) is 4.09. The number of rotatable bonds is 3. The van der Waals surface area contributed by atoms with E-state index in [1.54, 1.807) is 0 Å². The fourth-order valence-corrected chi connectivity index (χ4v) is 3.11. The molecule has 0 spiro atoms. The topological polar surface area (TPSA) is 29.5 Å². The summed E-state index contributed by atoms with van der Waals surface area (Å²) in [6.45, 7) is 4.36. The summed E-state index contributed by atoms with van der Waals surface area (Å²) in [5.74, 6) is 0.309. The number of allylic oxidation sites excluding steroid dienone is 1. The van der Waals surface area contributed by atoms with Crippen molar-refractivity contribution in [3.63, 3.8) is 0 Å². The molecule has 1 aromatic rings. The Balaban J connectivity index is 1.85. The van der Waals surface area contributed by atoms with Gasteiger partial charge in [0.05, 0.1) is 12.6 Å². The molecule has 100 valence electrons. The second-order valence-corrected chi connectivity index (χ2v) is 5.26. The molecule has 3 nitrogen and oxygen atoms in total. The molecule has 3 atom stereocenters. The van der Waals surface area contributed by atoms with Gasteiger partial charge in [-0.15, -0.1) is 6.58 Å². The van der Waals surface area contributed by atoms with Gasteiger partial charge in [-0.1, -0.05) is 36.4 Å². The summed E-state index contributed by atoms with van der Waals surface area (Å²) in [7, 11) is 0. The van der Waals surface area contributed by atoms with Crippen molar-refractivity contribution in [1.29, 1.82) is 0 Å². The number of fused-ring (bicyclic) bond motifs is 1. The van der Waals surface area contributed by atoms with Crippen LogP contribution in [-0.2, 0) is 9.53 Å². The number of benzene rings is 1. The maximum atomic E-state index is 12.6. The zero-order valence-electron chi connectivity index (χ0n) is 11.0. The van der Waals surface area contributed by atoms with Gasteiger partial charge in [-0.2, -0.15) is 0 Å². The van der Waals surface area contributed by atoms with Crippen LogP contribution in [0.2, 0.25) is 0 Å². The summed E-state index contributed by atoms with van der Waals surface area (Å²) in [4.78, 5) is 14.5. The van der Waals surface area contributed by atoms with E-state index >= 15 is 0 Å². The largest absolute Gasteiger partial charge is 0.356 e. The SMILES string of the molecule is C=CCC1CC[C@H]2OC[C@H](c3ccccc3)N2C1=O. The lowest BCUT2D eigenvalue weighted by molar-refractivity contribution is -0.148. The van der Waals surface area contributed by atoms with E-state index < -0.39 is 0 Å². The third-order valence-corrected chi connectivity index (χ3v) is 4.09. The molecular formula is C16H19NO2. The molecule has 1 unspecified atom stereocenters. The second-order valence-electron chi connectivity index (χ2n) is 5.26. The van der Waals surface area contributed by atoms with E-state index in [2.05, 4.69) is 18.7 Å². The van der Waals surface area contributed by atoms with Crippen molar-refractivity contribution >= 4 is 5.91 Å². The maximum absolute atomic E-state index is 12.6. The average Bonchev–Trinajstić information content (AvgIpc) is 2.88. The highest BCUT2D eigenvalue weighted by molar-refractivity contribution is 5.80. The van der Waals surface area contributed by atoms with Gasteiger partial charge in [-0.05, 0) is 24.8 Å². The lowest BCUT2D eigenvalue weighted by Gasteiger charge is -2.36. The number of ether oxygens (including phenoxy) is 1. The first-order valence-electron chi connectivity index (χ1n) is 6.91. The van der Waals surface area contributed by atoms with Crippen LogP contribution in [0.3, 0.4) is 0 Å². The number of nitrogens with zero attached hydrogens (tertiary/aromatic N) is 1. The molecule has 0 saturated carbocycles. The van der Waals surface area contributed by atoms with Crippen molar-refractivity contribution in [2.24, 2.45) is 5.92 Å². The molecule has 2 saturated heterocycles. The van der Waals surface area contributed by atoms with E-state index in [0.29, 0.717) is 6.61 Å². The molecule has 2 aliphatic rings. The Bertz CT molecular complexity index is 471. The normalized spacial score (nSPS) is 30.2. The van der Waals surface area contributed by atoms with E-state index in [1.165, 1.54) is 0 Å². The molecule has 3 heteroatoms. The van der Waals surface area contributed by atoms with Crippen LogP contribution >= 0.6 is 0 Å². The Morgan fingerprint density at radius 2 is 2.11 bits per heavy atom. The number of piperidine rings is 1. The summed E-state index contributed by atoms with van der Waals surface area (Å²) in [6, 6.07) is 10.2. The van der Waals surface area contributed by atoms with Crippen LogP contribution in [0.25, 0.3) is 0 Å². The minimum atomic E-state index is -0.0289. The summed E-state index contributed by atoms with van der Waals surface area (Å²) in [5, 5.41) is 0. The number of amides is 1. The fraction of sp³-hybridized carbons (Fsp3) is 0.438. The molecule has 1 aromatic carbocycles. The molecule has 0 aromatic heterocycles. The van der Waals surface area contributed by atoms with Crippen molar-refractivity contribution in [2.75, 3.05) is 6.61 Å². The first kappa shape index (κ1) is 12.4. The van der Waals surface area contributed by atoms with E-state index in [4.69, 9.17) is 4.74 Å². The number of hydrogen-bond acceptors (Lipinski definition) is 2. The molecule has 0 aliphatic carbocycles. The van der Waals surface area contributed by atoms with Crippen molar-refractivity contribution in [1.82, 2.24) is 4.90 Å². The smallest absolute Gasteiger partial charge is 0.228 e. The van der Waals surface area contributed by atoms with Crippen molar-refractivity contribution in [3.05, 3.63) is 48.6 Å². The van der Waals surface area contributed by atoms with Gasteiger partial charge in [0.1, 0.15) is 6.23 Å². The highest BCUT2D eigenvalue weighted by Gasteiger charge is 2.44. The highest BCUT2D eigenvalue weighted by Crippen LogP contribution is 2.38. The van der Waals surface area contributed by atoms with E-state index in [1.807, 2.05) is 29.2 Å². The quantitative estimate of drug-likeness (QED) is 0.779. The molecule has 3 rings (SSSR count). The van der Waals surface area contributed by atoms with E-state index in [9.17, 15) is 4.79 Å². The molecule has 0 bridgehead atoms. The van der Waals surface area contributed by atoms with E-state index in [0.717, 1.165) is 24.8 Å². The van der Waals surface area contributed by atoms with Crippen molar-refractivity contribution in [2.45, 2.75) is 31.5 Å². The fourth-order valence-electron chi connectivity index (χ4n) is 3.11. The minimum absolute atomic E-state index is 0.0289. The lowest BCUT2D eigenvalue weighted by atomic mass is 9.91. The van der Waals surface area contributed by atoms with Gasteiger partial charge >= 0.3 is 0 Å². The zero-order chi connectivity index (χ0) is 13.2. The van der Waals surface area contributed by atoms with Crippen molar-refractivity contribution < 1.29 is 9.53 Å². The predicted molar refractivity (Wildman–Crippen MR) is 73.3 cm³/mol. The summed E-state index contributed by atoms with van der Waals surface area (Å²) < 4.78 is 5.80. The average molecular weight is 257 g/mol. The van der Waals surface area contributed by atoms with Crippen LogP contribution in [0.5, 0.6) is 0 Å². The van der Waals surface area contributed by atoms with Gasteiger partial charge in [0, 0.05) is 5.92 Å². The zero-order valence-corrected chi connectivity index (χ0v) is 11.0. The first-order chi connectivity index (χ1) is 9.31. The van der Waals surface area contributed by atoms with Crippen LogP contribution in [0.4, 0.5) is 0 Å². The lowest BCUT2D eigenvalue weighted by Crippen LogP contribution is -2.45. The maximum Gasteiger partial charge on any atom is 0.228 e. The van der Waals surface area contributed by atoms with E-state index in [-0.39, 0.29) is 24.1 Å². The Hall–Kier alpha value is -1.61. The van der Waals surface area contributed by atoms with Crippen LogP contribution in [-0.4, -0.2) is 23.6 Å². The second kappa shape index (κ2) is 5.17. The van der Waals surface area contributed by atoms with Gasteiger partial charge in [0.2, 0.25) is 5.91 Å². The molecule has 19 heavy (non-hydrogen) atoms. The van der Waals surface area contributed by atoms with Gasteiger partial charge in [0.15, 0.2) is 0 Å². The summed E-state index contributed by atoms with van der Waals surface area (Å²) >= 11 is 0. The van der Waals surface area contributed by atoms with Gasteiger partial charge in [-0.25, -0.2) is 0 Å². The van der Waals surface area contributed by atoms with Gasteiger partial charge in [-0.3, -0.25) is 4.79 Å². The molecule has 0 N–H and O–H groups in total. The number of hydrogen-bond donors (Lipinski definition) is 0. The van der Waals surface area contributed by atoms with Crippen LogP contribution < -0.4 is 0 Å². The monoisotopic (exact) mass is 257 g/mol. The molecule has 2 aliphatic heterocycles. The molecular weight excluding hydrogens is 238 g/mol. The number of carbonyl (C=O) groups excluding carboxylic acids is 1. The van der Waals surface area contributed by atoms with Crippen LogP contribution in [0, 0.1) is 5.92 Å². The Morgan fingerprint density at radius 3 is 2.84 bits per heavy atom. The standard InChI is InChI=1S/C16H19NO2/c1-2-6-13-9-10-15-17(16(13)18)14(11-19-15)12-7-4-3-5-8-12/h2-5,7-8,13-15H,1,6,9-11H2/t13?,14-,15-/m1/s1. The Kier molecular flexibility index (Phi) is 3.38. The van der Waals surface area contributed by atoms with Gasteiger partial charge in [0.25, 0.3) is 0 Å². The number of carbonyl (C=O) groups is 1. The Labute approximate surface area is 113 Å². The molecule has 0 radical (unpaired) electrons. The molecule has 2 heterocycles. The minimum Gasteiger partial charge on any atom is -0.356 e. The summed E-state index contributed by atoms with van der Waals surface area (Å²) in [6.07, 6.45) is 4.43. The van der Waals surface area contributed by atoms with Gasteiger partial charge < -0.3 is 9.64 Å². The highest BCUT2D eigenvalue weighted by atomic mass is 16.5. The van der Waals surface area contributed by atoms with Crippen LogP contribution in [0.1, 0.15) is 30.9 Å². The molecule has 2 fully saturated rings. The summed E-state index contributed by atoms with van der Waals surface area (Å²) in [5.41, 5.74) is 1.16. The third kappa shape index (κ3) is 2.19.